The molecule has 0 saturated heterocycles. The first-order valence-electron chi connectivity index (χ1n) is 8.59. The van der Waals surface area contributed by atoms with Gasteiger partial charge in [0.15, 0.2) is 0 Å². The van der Waals surface area contributed by atoms with E-state index in [1.807, 2.05) is 46.8 Å². The number of para-hydroxylation sites is 1. The minimum atomic E-state index is -0.710. The molecular formula is C19H27NO5. The highest BCUT2D eigenvalue weighted by Crippen LogP contribution is 2.44. The summed E-state index contributed by atoms with van der Waals surface area (Å²) >= 11 is 0. The molecule has 138 valence electrons. The maximum atomic E-state index is 11.9. The Hall–Kier alpha value is -2.24. The van der Waals surface area contributed by atoms with Crippen LogP contribution in [-0.2, 0) is 9.47 Å². The van der Waals surface area contributed by atoms with Gasteiger partial charge in [0.1, 0.15) is 11.4 Å². The largest absolute Gasteiger partial charge is 0.513 e. The predicted octanol–water partition coefficient (Wildman–Crippen LogP) is 4.24. The first-order valence-corrected chi connectivity index (χ1v) is 8.59. The van der Waals surface area contributed by atoms with Crippen LogP contribution in [0.2, 0.25) is 0 Å². The molecule has 25 heavy (non-hydrogen) atoms. The third-order valence-corrected chi connectivity index (χ3v) is 3.54. The number of alkyl carbamates (subject to hydrolysis) is 1. The van der Waals surface area contributed by atoms with Crippen LogP contribution in [-0.4, -0.2) is 30.5 Å². The Morgan fingerprint density at radius 2 is 1.92 bits per heavy atom. The quantitative estimate of drug-likeness (QED) is 0.636. The highest BCUT2D eigenvalue weighted by Gasteiger charge is 2.42. The lowest BCUT2D eigenvalue weighted by Gasteiger charge is -2.19. The maximum absolute atomic E-state index is 11.9. The zero-order chi connectivity index (χ0) is 18.6. The fourth-order valence-electron chi connectivity index (χ4n) is 2.39. The van der Waals surface area contributed by atoms with Crippen molar-refractivity contribution in [2.75, 3.05) is 6.61 Å². The fourth-order valence-corrected chi connectivity index (χ4v) is 2.39. The summed E-state index contributed by atoms with van der Waals surface area (Å²) in [6.07, 6.45) is -0.367. The highest BCUT2D eigenvalue weighted by atomic mass is 16.7. The number of hydrogen-bond donors (Lipinski definition) is 1. The lowest BCUT2D eigenvalue weighted by Crippen LogP contribution is -2.34. The van der Waals surface area contributed by atoms with Crippen molar-refractivity contribution in [2.45, 2.75) is 58.6 Å². The van der Waals surface area contributed by atoms with Gasteiger partial charge in [-0.3, -0.25) is 0 Å². The molecule has 0 aliphatic heterocycles. The summed E-state index contributed by atoms with van der Waals surface area (Å²) in [7, 11) is 0. The Morgan fingerprint density at radius 3 is 2.56 bits per heavy atom. The third kappa shape index (κ3) is 6.29. The molecule has 0 radical (unpaired) electrons. The third-order valence-electron chi connectivity index (χ3n) is 3.54. The van der Waals surface area contributed by atoms with Crippen molar-refractivity contribution in [1.82, 2.24) is 5.32 Å². The van der Waals surface area contributed by atoms with E-state index in [0.29, 0.717) is 12.4 Å². The van der Waals surface area contributed by atoms with E-state index in [1.54, 1.807) is 12.1 Å². The first kappa shape index (κ1) is 19.1. The van der Waals surface area contributed by atoms with Crippen LogP contribution in [0.15, 0.2) is 24.3 Å². The van der Waals surface area contributed by atoms with E-state index in [9.17, 15) is 9.59 Å². The Morgan fingerprint density at radius 1 is 1.24 bits per heavy atom. The Balaban J connectivity index is 1.93. The van der Waals surface area contributed by atoms with Crippen molar-refractivity contribution in [3.05, 3.63) is 29.8 Å². The van der Waals surface area contributed by atoms with Gasteiger partial charge >= 0.3 is 12.2 Å². The second kappa shape index (κ2) is 7.76. The van der Waals surface area contributed by atoms with Gasteiger partial charge in [-0.15, -0.1) is 0 Å². The molecule has 1 aliphatic carbocycles. The molecule has 6 nitrogen and oxygen atoms in total. The topological polar surface area (TPSA) is 73.9 Å². The summed E-state index contributed by atoms with van der Waals surface area (Å²) in [6.45, 7) is 9.69. The molecule has 1 amide bonds. The number of amides is 1. The number of benzene rings is 1. The Kier molecular flexibility index (Phi) is 5.93. The molecule has 2 rings (SSSR count). The molecule has 1 aliphatic rings. The molecular weight excluding hydrogens is 322 g/mol. The Bertz CT molecular complexity index is 620. The summed E-state index contributed by atoms with van der Waals surface area (Å²) < 4.78 is 15.7. The molecule has 1 aromatic rings. The lowest BCUT2D eigenvalue weighted by molar-refractivity contribution is 0.0522. The van der Waals surface area contributed by atoms with Gasteiger partial charge in [0.25, 0.3) is 0 Å². The van der Waals surface area contributed by atoms with E-state index in [2.05, 4.69) is 5.32 Å². The number of carbonyl (C=O) groups is 2. The SMILES string of the molecule is CC(C)COC(=O)Oc1ccccc1[C@@H]1C[C@H]1NC(=O)OC(C)(C)C. The molecule has 1 fully saturated rings. The van der Waals surface area contributed by atoms with Crippen molar-refractivity contribution in [3.63, 3.8) is 0 Å². The molecule has 0 unspecified atom stereocenters. The van der Waals surface area contributed by atoms with Crippen molar-refractivity contribution in [3.8, 4) is 5.75 Å². The maximum Gasteiger partial charge on any atom is 0.513 e. The van der Waals surface area contributed by atoms with Crippen molar-refractivity contribution in [1.29, 1.82) is 0 Å². The number of nitrogens with one attached hydrogen (secondary N) is 1. The number of hydrogen-bond acceptors (Lipinski definition) is 5. The normalized spacial score (nSPS) is 19.3. The van der Waals surface area contributed by atoms with E-state index in [-0.39, 0.29) is 17.9 Å². The van der Waals surface area contributed by atoms with E-state index in [1.165, 1.54) is 0 Å². The molecule has 1 saturated carbocycles. The van der Waals surface area contributed by atoms with Gasteiger partial charge in [-0.1, -0.05) is 32.0 Å². The zero-order valence-corrected chi connectivity index (χ0v) is 15.5. The summed E-state index contributed by atoms with van der Waals surface area (Å²) in [5, 5.41) is 2.85. The van der Waals surface area contributed by atoms with Crippen LogP contribution in [0.25, 0.3) is 0 Å². The van der Waals surface area contributed by atoms with Gasteiger partial charge in [-0.05, 0) is 39.2 Å². The van der Waals surface area contributed by atoms with Crippen LogP contribution in [0.1, 0.15) is 52.5 Å². The van der Waals surface area contributed by atoms with E-state index in [4.69, 9.17) is 14.2 Å². The van der Waals surface area contributed by atoms with E-state index < -0.39 is 17.8 Å². The number of ether oxygens (including phenoxy) is 3. The van der Waals surface area contributed by atoms with E-state index in [0.717, 1.165) is 12.0 Å². The van der Waals surface area contributed by atoms with Crippen molar-refractivity contribution in [2.24, 2.45) is 5.92 Å². The molecule has 1 aromatic carbocycles. The molecule has 0 spiro atoms. The van der Waals surface area contributed by atoms with Crippen LogP contribution in [0.4, 0.5) is 9.59 Å². The van der Waals surface area contributed by atoms with Crippen molar-refractivity contribution < 1.29 is 23.8 Å². The first-order chi connectivity index (χ1) is 11.7. The second-order valence-corrected chi connectivity index (χ2v) is 7.69. The van der Waals surface area contributed by atoms with Crippen LogP contribution in [0.3, 0.4) is 0 Å². The van der Waals surface area contributed by atoms with Crippen LogP contribution >= 0.6 is 0 Å². The number of rotatable bonds is 5. The minimum absolute atomic E-state index is 0.0220. The second-order valence-electron chi connectivity index (χ2n) is 7.69. The standard InChI is InChI=1S/C19H27NO5/c1-12(2)11-23-18(22)24-16-9-7-6-8-13(16)14-10-15(14)20-17(21)25-19(3,4)5/h6-9,12,14-15H,10-11H2,1-5H3,(H,20,21)/t14-,15+/m0/s1. The zero-order valence-electron chi connectivity index (χ0n) is 15.5. The van der Waals surface area contributed by atoms with Crippen LogP contribution in [0.5, 0.6) is 5.75 Å². The molecule has 6 heteroatoms. The van der Waals surface area contributed by atoms with Gasteiger partial charge in [0, 0.05) is 17.5 Å². The molecule has 0 aromatic heterocycles. The van der Waals surface area contributed by atoms with Gasteiger partial charge in [0.05, 0.1) is 6.61 Å². The number of carbonyl (C=O) groups excluding carboxylic acids is 2. The predicted molar refractivity (Wildman–Crippen MR) is 93.8 cm³/mol. The molecule has 0 bridgehead atoms. The van der Waals surface area contributed by atoms with Gasteiger partial charge in [0.2, 0.25) is 0 Å². The van der Waals surface area contributed by atoms with Crippen molar-refractivity contribution >= 4 is 12.2 Å². The summed E-state index contributed by atoms with van der Waals surface area (Å²) in [5.74, 6) is 0.810. The van der Waals surface area contributed by atoms with Crippen LogP contribution < -0.4 is 10.1 Å². The van der Waals surface area contributed by atoms with Gasteiger partial charge < -0.3 is 19.5 Å². The molecule has 0 heterocycles. The summed E-state index contributed by atoms with van der Waals surface area (Å²) in [5.41, 5.74) is 0.348. The average Bonchev–Trinajstić information content (AvgIpc) is 3.22. The smallest absolute Gasteiger partial charge is 0.444 e. The van der Waals surface area contributed by atoms with E-state index >= 15 is 0 Å². The monoisotopic (exact) mass is 349 g/mol. The average molecular weight is 349 g/mol. The highest BCUT2D eigenvalue weighted by molar-refractivity contribution is 5.69. The molecule has 2 atom stereocenters. The van der Waals surface area contributed by atoms with Gasteiger partial charge in [-0.25, -0.2) is 9.59 Å². The minimum Gasteiger partial charge on any atom is -0.444 e. The van der Waals surface area contributed by atoms with Gasteiger partial charge in [-0.2, -0.15) is 0 Å². The fraction of sp³-hybridized carbons (Fsp3) is 0.579. The van der Waals surface area contributed by atoms with Crippen LogP contribution in [0, 0.1) is 5.92 Å². The lowest BCUT2D eigenvalue weighted by atomic mass is 10.1. The molecule has 1 N–H and O–H groups in total. The summed E-state index contributed by atoms with van der Waals surface area (Å²) in [4.78, 5) is 23.7. The summed E-state index contributed by atoms with van der Waals surface area (Å²) in [6, 6.07) is 7.28. The Labute approximate surface area is 148 Å².